The standard InChI is InChI=1S/C12H17F3N4O/c1-8(2)7-17-11(19-16)18-9-5-3-4-6-10(9)20-12(13,14)15/h3-6,8H,7,16H2,1-2H3,(H2,17,18,19). The minimum absolute atomic E-state index is 0.116. The van der Waals surface area contributed by atoms with Crippen LogP contribution in [-0.4, -0.2) is 18.9 Å². The zero-order chi connectivity index (χ0) is 15.2. The molecule has 1 aromatic rings. The van der Waals surface area contributed by atoms with Crippen LogP contribution in [0.5, 0.6) is 5.75 Å². The zero-order valence-electron chi connectivity index (χ0n) is 11.2. The lowest BCUT2D eigenvalue weighted by atomic mass is 10.2. The average molecular weight is 290 g/mol. The van der Waals surface area contributed by atoms with E-state index in [0.717, 1.165) is 0 Å². The van der Waals surface area contributed by atoms with Crippen molar-refractivity contribution in [1.82, 2.24) is 5.43 Å². The molecule has 5 nitrogen and oxygen atoms in total. The first-order chi connectivity index (χ1) is 9.31. The molecule has 0 amide bonds. The third kappa shape index (κ3) is 5.79. The van der Waals surface area contributed by atoms with Gasteiger partial charge in [0.25, 0.3) is 0 Å². The molecule has 8 heteroatoms. The SMILES string of the molecule is CC(C)CN=C(NN)Nc1ccccc1OC(F)(F)F. The molecule has 1 rings (SSSR count). The van der Waals surface area contributed by atoms with Crippen molar-refractivity contribution in [3.63, 3.8) is 0 Å². The number of rotatable bonds is 4. The van der Waals surface area contributed by atoms with Crippen molar-refractivity contribution in [2.75, 3.05) is 11.9 Å². The molecule has 112 valence electrons. The monoisotopic (exact) mass is 290 g/mol. The van der Waals surface area contributed by atoms with Crippen molar-refractivity contribution in [1.29, 1.82) is 0 Å². The molecule has 0 saturated carbocycles. The van der Waals surface area contributed by atoms with Gasteiger partial charge in [0.1, 0.15) is 0 Å². The lowest BCUT2D eigenvalue weighted by molar-refractivity contribution is -0.274. The normalized spacial score (nSPS) is 12.4. The topological polar surface area (TPSA) is 71.7 Å². The molecule has 0 saturated heterocycles. The number of hydrogen-bond donors (Lipinski definition) is 3. The maximum atomic E-state index is 12.3. The van der Waals surface area contributed by atoms with Crippen LogP contribution in [0.15, 0.2) is 29.3 Å². The van der Waals surface area contributed by atoms with Crippen LogP contribution in [0.2, 0.25) is 0 Å². The maximum absolute atomic E-state index is 12.3. The summed E-state index contributed by atoms with van der Waals surface area (Å²) < 4.78 is 40.7. The number of para-hydroxylation sites is 2. The highest BCUT2D eigenvalue weighted by Gasteiger charge is 2.32. The number of anilines is 1. The number of nitrogens with two attached hydrogens (primary N) is 1. The predicted octanol–water partition coefficient (Wildman–Crippen LogP) is 2.47. The van der Waals surface area contributed by atoms with E-state index >= 15 is 0 Å². The van der Waals surface area contributed by atoms with E-state index < -0.39 is 6.36 Å². The molecule has 0 aliphatic carbocycles. The average Bonchev–Trinajstić information content (AvgIpc) is 2.34. The molecular formula is C12H17F3N4O. The number of nitrogens with zero attached hydrogens (tertiary/aromatic N) is 1. The number of hydrogen-bond acceptors (Lipinski definition) is 3. The van der Waals surface area contributed by atoms with E-state index in [-0.39, 0.29) is 17.4 Å². The van der Waals surface area contributed by atoms with E-state index in [9.17, 15) is 13.2 Å². The molecule has 0 fully saturated rings. The summed E-state index contributed by atoms with van der Waals surface area (Å²) in [4.78, 5) is 4.11. The molecule has 0 spiro atoms. The van der Waals surface area contributed by atoms with E-state index in [0.29, 0.717) is 12.5 Å². The summed E-state index contributed by atoms with van der Waals surface area (Å²) in [5.74, 6) is 5.38. The highest BCUT2D eigenvalue weighted by molar-refractivity contribution is 5.94. The summed E-state index contributed by atoms with van der Waals surface area (Å²) in [6.07, 6.45) is -4.76. The second-order valence-electron chi connectivity index (χ2n) is 4.40. The molecule has 1 aromatic carbocycles. The zero-order valence-corrected chi connectivity index (χ0v) is 11.2. The van der Waals surface area contributed by atoms with Gasteiger partial charge in [-0.1, -0.05) is 26.0 Å². The molecule has 0 heterocycles. The summed E-state index contributed by atoms with van der Waals surface area (Å²) in [7, 11) is 0. The van der Waals surface area contributed by atoms with Gasteiger partial charge in [-0.15, -0.1) is 13.2 Å². The van der Waals surface area contributed by atoms with Crippen LogP contribution in [0.4, 0.5) is 18.9 Å². The third-order valence-corrected chi connectivity index (χ3v) is 2.12. The molecule has 0 atom stereocenters. The number of guanidine groups is 1. The highest BCUT2D eigenvalue weighted by atomic mass is 19.4. The van der Waals surface area contributed by atoms with E-state index in [2.05, 4.69) is 20.5 Å². The number of ether oxygens (including phenoxy) is 1. The smallest absolute Gasteiger partial charge is 0.404 e. The number of nitrogens with one attached hydrogen (secondary N) is 2. The van der Waals surface area contributed by atoms with Gasteiger partial charge in [0.2, 0.25) is 5.96 Å². The van der Waals surface area contributed by atoms with Crippen LogP contribution in [0.25, 0.3) is 0 Å². The van der Waals surface area contributed by atoms with E-state index in [4.69, 9.17) is 5.84 Å². The Morgan fingerprint density at radius 3 is 2.55 bits per heavy atom. The quantitative estimate of drug-likeness (QED) is 0.345. The first-order valence-corrected chi connectivity index (χ1v) is 5.94. The Bertz CT molecular complexity index is 460. The molecule has 4 N–H and O–H groups in total. The van der Waals surface area contributed by atoms with E-state index in [1.807, 2.05) is 13.8 Å². The third-order valence-electron chi connectivity index (χ3n) is 2.12. The van der Waals surface area contributed by atoms with Gasteiger partial charge < -0.3 is 10.1 Å². The maximum Gasteiger partial charge on any atom is 0.573 e. The number of benzene rings is 1. The van der Waals surface area contributed by atoms with Crippen LogP contribution in [0, 0.1) is 5.92 Å². The van der Waals surface area contributed by atoms with Crippen LogP contribution >= 0.6 is 0 Å². The summed E-state index contributed by atoms with van der Waals surface area (Å²) >= 11 is 0. The first-order valence-electron chi connectivity index (χ1n) is 5.94. The van der Waals surface area contributed by atoms with Crippen molar-refractivity contribution in [3.8, 4) is 5.75 Å². The Kier molecular flexibility index (Phi) is 5.63. The van der Waals surface area contributed by atoms with E-state index in [1.54, 1.807) is 6.07 Å². The minimum Gasteiger partial charge on any atom is -0.404 e. The van der Waals surface area contributed by atoms with Gasteiger partial charge in [0.15, 0.2) is 5.75 Å². The van der Waals surface area contributed by atoms with Gasteiger partial charge in [0.05, 0.1) is 5.69 Å². The number of alkyl halides is 3. The molecular weight excluding hydrogens is 273 g/mol. The Labute approximate surface area is 115 Å². The Morgan fingerprint density at radius 1 is 1.35 bits per heavy atom. The van der Waals surface area contributed by atoms with Crippen molar-refractivity contribution in [2.45, 2.75) is 20.2 Å². The van der Waals surface area contributed by atoms with Crippen LogP contribution in [0.3, 0.4) is 0 Å². The van der Waals surface area contributed by atoms with E-state index in [1.165, 1.54) is 18.2 Å². The van der Waals surface area contributed by atoms with Crippen LogP contribution in [0.1, 0.15) is 13.8 Å². The second kappa shape index (κ2) is 6.99. The van der Waals surface area contributed by atoms with Crippen LogP contribution in [-0.2, 0) is 0 Å². The van der Waals surface area contributed by atoms with Crippen molar-refractivity contribution < 1.29 is 17.9 Å². The molecule has 20 heavy (non-hydrogen) atoms. The van der Waals surface area contributed by atoms with Crippen molar-refractivity contribution in [2.24, 2.45) is 16.8 Å². The largest absolute Gasteiger partial charge is 0.573 e. The van der Waals surface area contributed by atoms with Gasteiger partial charge in [0, 0.05) is 6.54 Å². The highest BCUT2D eigenvalue weighted by Crippen LogP contribution is 2.29. The number of hydrazine groups is 1. The molecule has 0 aliphatic heterocycles. The lowest BCUT2D eigenvalue weighted by Crippen LogP contribution is -2.36. The van der Waals surface area contributed by atoms with Gasteiger partial charge >= 0.3 is 6.36 Å². The van der Waals surface area contributed by atoms with Gasteiger partial charge in [-0.05, 0) is 18.1 Å². The fraction of sp³-hybridized carbons (Fsp3) is 0.417. The van der Waals surface area contributed by atoms with Crippen molar-refractivity contribution >= 4 is 11.6 Å². The minimum atomic E-state index is -4.76. The summed E-state index contributed by atoms with van der Waals surface area (Å²) in [5, 5.41) is 2.66. The van der Waals surface area contributed by atoms with Crippen LogP contribution < -0.4 is 21.3 Å². The fourth-order valence-corrected chi connectivity index (χ4v) is 1.31. The predicted molar refractivity (Wildman–Crippen MR) is 71.2 cm³/mol. The second-order valence-corrected chi connectivity index (χ2v) is 4.40. The molecule has 0 unspecified atom stereocenters. The Balaban J connectivity index is 2.88. The van der Waals surface area contributed by atoms with Gasteiger partial charge in [-0.3, -0.25) is 10.4 Å². The Hall–Kier alpha value is -1.96. The lowest BCUT2D eigenvalue weighted by Gasteiger charge is -2.15. The Morgan fingerprint density at radius 2 is 2.00 bits per heavy atom. The van der Waals surface area contributed by atoms with Gasteiger partial charge in [-0.25, -0.2) is 5.84 Å². The molecule has 0 radical (unpaired) electrons. The molecule has 0 aliphatic rings. The first kappa shape index (κ1) is 16.1. The number of halogens is 3. The number of aliphatic imine (C=N–C) groups is 1. The fourth-order valence-electron chi connectivity index (χ4n) is 1.31. The van der Waals surface area contributed by atoms with Gasteiger partial charge in [-0.2, -0.15) is 0 Å². The summed E-state index contributed by atoms with van der Waals surface area (Å²) in [6.45, 7) is 4.39. The summed E-state index contributed by atoms with van der Waals surface area (Å²) in [6, 6.07) is 5.64. The van der Waals surface area contributed by atoms with Crippen molar-refractivity contribution in [3.05, 3.63) is 24.3 Å². The molecule has 0 aromatic heterocycles. The summed E-state index contributed by atoms with van der Waals surface area (Å²) in [5.41, 5.74) is 2.41. The molecule has 0 bridgehead atoms.